The summed E-state index contributed by atoms with van der Waals surface area (Å²) in [7, 11) is 0. The van der Waals surface area contributed by atoms with E-state index in [1.165, 1.54) is 32.1 Å². The second kappa shape index (κ2) is 4.97. The molecule has 1 amide bonds. The minimum Gasteiger partial charge on any atom is -0.342 e. The van der Waals surface area contributed by atoms with Gasteiger partial charge in [-0.05, 0) is 31.6 Å². The molecule has 1 atom stereocenters. The Morgan fingerprint density at radius 2 is 1.93 bits per heavy atom. The van der Waals surface area contributed by atoms with Gasteiger partial charge in [0.15, 0.2) is 0 Å². The van der Waals surface area contributed by atoms with Gasteiger partial charge in [-0.25, -0.2) is 0 Å². The number of hydrogen-bond acceptors (Lipinski definition) is 2. The smallest absolute Gasteiger partial charge is 0.226 e. The molecular weight excluding hydrogens is 188 g/mol. The number of nitrogens with zero attached hydrogens (tertiary/aromatic N) is 1. The van der Waals surface area contributed by atoms with Crippen molar-refractivity contribution in [1.29, 1.82) is 0 Å². The number of piperidine rings is 1. The number of rotatable bonds is 4. The van der Waals surface area contributed by atoms with Gasteiger partial charge in [0, 0.05) is 19.6 Å². The summed E-state index contributed by atoms with van der Waals surface area (Å²) in [5, 5.41) is 0. The van der Waals surface area contributed by atoms with Crippen LogP contribution in [0, 0.1) is 11.8 Å². The molecule has 1 heterocycles. The molecule has 0 aromatic carbocycles. The first-order chi connectivity index (χ1) is 7.31. The molecule has 1 aliphatic carbocycles. The predicted octanol–water partition coefficient (Wildman–Crippen LogP) is 1.37. The van der Waals surface area contributed by atoms with Crippen molar-refractivity contribution in [3.63, 3.8) is 0 Å². The van der Waals surface area contributed by atoms with E-state index in [2.05, 4.69) is 0 Å². The average molecular weight is 210 g/mol. The van der Waals surface area contributed by atoms with E-state index < -0.39 is 0 Å². The number of nitrogens with two attached hydrogens (primary N) is 1. The van der Waals surface area contributed by atoms with Crippen LogP contribution in [0.25, 0.3) is 0 Å². The first-order valence-electron chi connectivity index (χ1n) is 6.30. The number of carbonyl (C=O) groups is 1. The molecule has 2 aliphatic rings. The van der Waals surface area contributed by atoms with Crippen molar-refractivity contribution in [3.8, 4) is 0 Å². The fourth-order valence-electron chi connectivity index (χ4n) is 2.43. The van der Waals surface area contributed by atoms with Crippen molar-refractivity contribution in [1.82, 2.24) is 4.90 Å². The highest BCUT2D eigenvalue weighted by Gasteiger charge is 2.31. The fourth-order valence-corrected chi connectivity index (χ4v) is 2.43. The zero-order valence-electron chi connectivity index (χ0n) is 9.45. The molecular formula is C12H22N2O. The Labute approximate surface area is 92.0 Å². The molecule has 0 bridgehead atoms. The lowest BCUT2D eigenvalue weighted by Crippen LogP contribution is -2.42. The lowest BCUT2D eigenvalue weighted by molar-refractivity contribution is -0.136. The molecule has 3 nitrogen and oxygen atoms in total. The molecule has 15 heavy (non-hydrogen) atoms. The van der Waals surface area contributed by atoms with Crippen LogP contribution in [0.2, 0.25) is 0 Å². The van der Waals surface area contributed by atoms with Crippen LogP contribution in [0.1, 0.15) is 38.5 Å². The van der Waals surface area contributed by atoms with Crippen LogP contribution in [0.3, 0.4) is 0 Å². The Kier molecular flexibility index (Phi) is 3.62. The predicted molar refractivity (Wildman–Crippen MR) is 60.3 cm³/mol. The van der Waals surface area contributed by atoms with E-state index in [9.17, 15) is 4.79 Å². The summed E-state index contributed by atoms with van der Waals surface area (Å²) in [5.41, 5.74) is 5.71. The molecule has 2 fully saturated rings. The van der Waals surface area contributed by atoms with Crippen molar-refractivity contribution >= 4 is 5.91 Å². The molecule has 2 N–H and O–H groups in total. The highest BCUT2D eigenvalue weighted by Crippen LogP contribution is 2.35. The fraction of sp³-hybridized carbons (Fsp3) is 0.917. The summed E-state index contributed by atoms with van der Waals surface area (Å²) in [4.78, 5) is 14.2. The number of likely N-dealkylation sites (tertiary alicyclic amines) is 1. The Bertz CT molecular complexity index is 220. The van der Waals surface area contributed by atoms with Crippen molar-refractivity contribution in [2.45, 2.75) is 38.5 Å². The van der Waals surface area contributed by atoms with Crippen LogP contribution in [0.5, 0.6) is 0 Å². The van der Waals surface area contributed by atoms with E-state index in [0.717, 1.165) is 25.4 Å². The minimum absolute atomic E-state index is 0.107. The van der Waals surface area contributed by atoms with Gasteiger partial charge in [0.05, 0.1) is 5.92 Å². The normalized spacial score (nSPS) is 23.9. The molecule has 1 unspecified atom stereocenters. The second-order valence-corrected chi connectivity index (χ2v) is 5.00. The lowest BCUT2D eigenvalue weighted by atomic mass is 9.99. The number of amides is 1. The maximum absolute atomic E-state index is 12.1. The molecule has 0 spiro atoms. The third kappa shape index (κ3) is 2.94. The van der Waals surface area contributed by atoms with E-state index >= 15 is 0 Å². The molecule has 1 saturated carbocycles. The summed E-state index contributed by atoms with van der Waals surface area (Å²) >= 11 is 0. The van der Waals surface area contributed by atoms with Crippen LogP contribution >= 0.6 is 0 Å². The topological polar surface area (TPSA) is 46.3 Å². The summed E-state index contributed by atoms with van der Waals surface area (Å²) in [6.07, 6.45) is 7.28. The lowest BCUT2D eigenvalue weighted by Gasteiger charge is -2.30. The molecule has 0 radical (unpaired) electrons. The number of carbonyl (C=O) groups excluding carboxylic acids is 1. The number of hydrogen-bond donors (Lipinski definition) is 1. The van der Waals surface area contributed by atoms with Gasteiger partial charge in [0.1, 0.15) is 0 Å². The maximum atomic E-state index is 12.1. The SMILES string of the molecule is NCC(CC1CC1)C(=O)N1CCCCC1. The van der Waals surface area contributed by atoms with Crippen LogP contribution in [0.15, 0.2) is 0 Å². The van der Waals surface area contributed by atoms with Crippen molar-refractivity contribution in [2.75, 3.05) is 19.6 Å². The molecule has 3 heteroatoms. The van der Waals surface area contributed by atoms with Gasteiger partial charge >= 0.3 is 0 Å². The van der Waals surface area contributed by atoms with E-state index in [1.54, 1.807) is 0 Å². The highest BCUT2D eigenvalue weighted by atomic mass is 16.2. The third-order valence-corrected chi connectivity index (χ3v) is 3.62. The molecule has 0 aromatic heterocycles. The van der Waals surface area contributed by atoms with E-state index in [0.29, 0.717) is 12.5 Å². The molecule has 0 aromatic rings. The van der Waals surface area contributed by atoms with Gasteiger partial charge in [-0.15, -0.1) is 0 Å². The van der Waals surface area contributed by atoms with Crippen molar-refractivity contribution in [2.24, 2.45) is 17.6 Å². The van der Waals surface area contributed by atoms with Crippen LogP contribution in [-0.4, -0.2) is 30.4 Å². The van der Waals surface area contributed by atoms with Gasteiger partial charge in [-0.1, -0.05) is 12.8 Å². The largest absolute Gasteiger partial charge is 0.342 e. The van der Waals surface area contributed by atoms with Crippen LogP contribution in [-0.2, 0) is 4.79 Å². The Morgan fingerprint density at radius 3 is 2.47 bits per heavy atom. The summed E-state index contributed by atoms with van der Waals surface area (Å²) in [5.74, 6) is 1.23. The molecule has 1 saturated heterocycles. The van der Waals surface area contributed by atoms with E-state index in [-0.39, 0.29) is 5.92 Å². The van der Waals surface area contributed by atoms with E-state index in [4.69, 9.17) is 5.73 Å². The summed E-state index contributed by atoms with van der Waals surface area (Å²) in [6, 6.07) is 0. The molecule has 2 rings (SSSR count). The Hall–Kier alpha value is -0.570. The quantitative estimate of drug-likeness (QED) is 0.762. The average Bonchev–Trinajstić information content (AvgIpc) is 3.10. The van der Waals surface area contributed by atoms with Gasteiger partial charge < -0.3 is 10.6 Å². The van der Waals surface area contributed by atoms with Gasteiger partial charge in [0.2, 0.25) is 5.91 Å². The zero-order valence-corrected chi connectivity index (χ0v) is 9.45. The maximum Gasteiger partial charge on any atom is 0.226 e. The standard InChI is InChI=1S/C12H22N2O/c13-9-11(8-10-4-5-10)12(15)14-6-2-1-3-7-14/h10-11H,1-9,13H2. The molecule has 86 valence electrons. The van der Waals surface area contributed by atoms with Gasteiger partial charge in [-0.2, -0.15) is 0 Å². The second-order valence-electron chi connectivity index (χ2n) is 5.00. The zero-order chi connectivity index (χ0) is 10.7. The minimum atomic E-state index is 0.107. The van der Waals surface area contributed by atoms with Crippen LogP contribution in [0.4, 0.5) is 0 Å². The van der Waals surface area contributed by atoms with Crippen molar-refractivity contribution in [3.05, 3.63) is 0 Å². The third-order valence-electron chi connectivity index (χ3n) is 3.62. The Balaban J connectivity index is 1.84. The van der Waals surface area contributed by atoms with Gasteiger partial charge in [0.25, 0.3) is 0 Å². The van der Waals surface area contributed by atoms with Gasteiger partial charge in [-0.3, -0.25) is 4.79 Å². The molecule has 1 aliphatic heterocycles. The highest BCUT2D eigenvalue weighted by molar-refractivity contribution is 5.79. The van der Waals surface area contributed by atoms with Crippen molar-refractivity contribution < 1.29 is 4.79 Å². The monoisotopic (exact) mass is 210 g/mol. The first kappa shape index (κ1) is 10.9. The Morgan fingerprint density at radius 1 is 1.27 bits per heavy atom. The summed E-state index contributed by atoms with van der Waals surface area (Å²) < 4.78 is 0. The van der Waals surface area contributed by atoms with E-state index in [1.807, 2.05) is 4.90 Å². The van der Waals surface area contributed by atoms with Crippen LogP contribution < -0.4 is 5.73 Å². The summed E-state index contributed by atoms with van der Waals surface area (Å²) in [6.45, 7) is 2.45. The first-order valence-corrected chi connectivity index (χ1v) is 6.30.